The van der Waals surface area contributed by atoms with Crippen LogP contribution in [-0.4, -0.2) is 17.1 Å². The van der Waals surface area contributed by atoms with Crippen molar-refractivity contribution < 1.29 is 9.18 Å². The Balaban J connectivity index is 1.73. The summed E-state index contributed by atoms with van der Waals surface area (Å²) in [4.78, 5) is 15.9. The second kappa shape index (κ2) is 6.12. The van der Waals surface area contributed by atoms with Crippen molar-refractivity contribution in [2.75, 3.05) is 0 Å². The molecule has 5 nitrogen and oxygen atoms in total. The average molecular weight is 347 g/mol. The summed E-state index contributed by atoms with van der Waals surface area (Å²) in [6.07, 6.45) is 2.75. The van der Waals surface area contributed by atoms with Crippen LogP contribution in [0.3, 0.4) is 0 Å². The van der Waals surface area contributed by atoms with Crippen LogP contribution in [-0.2, 0) is 4.79 Å². The molecular formula is C17H16ClFN4O. The Morgan fingerprint density at radius 3 is 2.71 bits per heavy atom. The van der Waals surface area contributed by atoms with Gasteiger partial charge in [-0.3, -0.25) is 9.78 Å². The predicted molar refractivity (Wildman–Crippen MR) is 87.4 cm³/mol. The number of nitrogens with one attached hydrogen (secondary N) is 3. The number of hydrogen-bond donors (Lipinski definition) is 3. The van der Waals surface area contributed by atoms with Crippen molar-refractivity contribution in [1.82, 2.24) is 21.2 Å². The van der Waals surface area contributed by atoms with E-state index in [2.05, 4.69) is 21.2 Å². The first-order chi connectivity index (χ1) is 11.6. The van der Waals surface area contributed by atoms with Gasteiger partial charge in [0.25, 0.3) is 0 Å². The summed E-state index contributed by atoms with van der Waals surface area (Å²) in [5, 5.41) is 3.59. The maximum atomic E-state index is 14.3. The Hall–Kier alpha value is -2.02. The lowest BCUT2D eigenvalue weighted by atomic mass is 9.74. The zero-order valence-corrected chi connectivity index (χ0v) is 13.4. The highest BCUT2D eigenvalue weighted by atomic mass is 35.5. The lowest BCUT2D eigenvalue weighted by Crippen LogP contribution is -2.52. The lowest BCUT2D eigenvalue weighted by Gasteiger charge is -2.36. The Kier molecular flexibility index (Phi) is 3.96. The molecule has 124 valence electrons. The molecular weight excluding hydrogens is 331 g/mol. The summed E-state index contributed by atoms with van der Waals surface area (Å²) in [7, 11) is 0. The largest absolute Gasteiger partial charge is 0.339 e. The molecule has 2 aliphatic heterocycles. The maximum Gasteiger partial charge on any atom is 0.221 e. The maximum absolute atomic E-state index is 14.3. The number of pyridine rings is 1. The van der Waals surface area contributed by atoms with Gasteiger partial charge < -0.3 is 5.32 Å². The highest BCUT2D eigenvalue weighted by Gasteiger charge is 2.47. The van der Waals surface area contributed by atoms with Crippen molar-refractivity contribution >= 4 is 17.5 Å². The molecule has 0 bridgehead atoms. The minimum Gasteiger partial charge on any atom is -0.339 e. The summed E-state index contributed by atoms with van der Waals surface area (Å²) >= 11 is 5.97. The Bertz CT molecular complexity index is 769. The lowest BCUT2D eigenvalue weighted by molar-refractivity contribution is -0.125. The van der Waals surface area contributed by atoms with Gasteiger partial charge >= 0.3 is 0 Å². The van der Waals surface area contributed by atoms with E-state index in [1.165, 1.54) is 6.20 Å². The normalized spacial score (nSPS) is 29.2. The van der Waals surface area contributed by atoms with Gasteiger partial charge in [-0.15, -0.1) is 0 Å². The minimum absolute atomic E-state index is 0.0271. The number of halogens is 2. The third-order valence-electron chi connectivity index (χ3n) is 4.78. The van der Waals surface area contributed by atoms with Crippen LogP contribution in [0.25, 0.3) is 0 Å². The van der Waals surface area contributed by atoms with Crippen LogP contribution in [0.1, 0.15) is 29.5 Å². The summed E-state index contributed by atoms with van der Waals surface area (Å²) in [6, 6.07) is 9.14. The number of carbonyl (C=O) groups excluding carboxylic acids is 1. The van der Waals surface area contributed by atoms with E-state index in [-0.39, 0.29) is 42.2 Å². The van der Waals surface area contributed by atoms with Crippen molar-refractivity contribution in [3.8, 4) is 0 Å². The Morgan fingerprint density at radius 2 is 1.96 bits per heavy atom. The SMILES string of the molecule is O=C1CC(c2ccncc2F)C2C(NNC2c2ccc(Cl)cc2)N1. The monoisotopic (exact) mass is 346 g/mol. The van der Waals surface area contributed by atoms with Gasteiger partial charge in [0.2, 0.25) is 5.91 Å². The molecule has 7 heteroatoms. The molecule has 2 fully saturated rings. The quantitative estimate of drug-likeness (QED) is 0.780. The van der Waals surface area contributed by atoms with Crippen LogP contribution < -0.4 is 16.2 Å². The molecule has 0 spiro atoms. The fourth-order valence-corrected chi connectivity index (χ4v) is 3.84. The van der Waals surface area contributed by atoms with E-state index in [0.717, 1.165) is 5.56 Å². The van der Waals surface area contributed by atoms with E-state index in [1.807, 2.05) is 24.3 Å². The molecule has 1 aromatic carbocycles. The third kappa shape index (κ3) is 2.66. The average Bonchev–Trinajstić information content (AvgIpc) is 2.99. The van der Waals surface area contributed by atoms with E-state index in [0.29, 0.717) is 10.6 Å². The van der Waals surface area contributed by atoms with Gasteiger partial charge in [-0.2, -0.15) is 0 Å². The van der Waals surface area contributed by atoms with Gasteiger partial charge in [-0.05, 0) is 29.3 Å². The van der Waals surface area contributed by atoms with Gasteiger partial charge in [0.15, 0.2) is 0 Å². The molecule has 3 heterocycles. The zero-order valence-electron chi connectivity index (χ0n) is 12.7. The smallest absolute Gasteiger partial charge is 0.221 e. The van der Waals surface area contributed by atoms with E-state index in [9.17, 15) is 9.18 Å². The second-order valence-corrected chi connectivity index (χ2v) is 6.58. The number of nitrogens with zero attached hydrogens (tertiary/aromatic N) is 1. The van der Waals surface area contributed by atoms with Crippen molar-refractivity contribution in [2.45, 2.75) is 24.5 Å². The van der Waals surface area contributed by atoms with E-state index in [1.54, 1.807) is 12.3 Å². The number of fused-ring (bicyclic) bond motifs is 1. The molecule has 0 saturated carbocycles. The van der Waals surface area contributed by atoms with Crippen LogP contribution in [0.4, 0.5) is 4.39 Å². The summed E-state index contributed by atoms with van der Waals surface area (Å²) in [6.45, 7) is 0. The van der Waals surface area contributed by atoms with Crippen LogP contribution in [0.2, 0.25) is 5.02 Å². The molecule has 1 aromatic heterocycles. The first kappa shape index (κ1) is 15.5. The van der Waals surface area contributed by atoms with Crippen molar-refractivity contribution in [3.05, 3.63) is 64.7 Å². The van der Waals surface area contributed by atoms with Gasteiger partial charge in [-0.25, -0.2) is 15.2 Å². The number of hydrazine groups is 1. The Labute approximate surface area is 143 Å². The minimum atomic E-state index is -0.377. The standard InChI is InChI=1S/C17H16ClFN4O/c18-10-3-1-9(2-4-10)16-15-12(11-5-6-20-8-13(11)19)7-14(24)21-17(15)23-22-16/h1-6,8,12,15-17,22-23H,7H2,(H,21,24). The number of carbonyl (C=O) groups is 1. The molecule has 2 saturated heterocycles. The van der Waals surface area contributed by atoms with Crippen molar-refractivity contribution in [2.24, 2.45) is 5.92 Å². The first-order valence-electron chi connectivity index (χ1n) is 7.79. The molecule has 4 atom stereocenters. The zero-order chi connectivity index (χ0) is 16.7. The number of rotatable bonds is 2. The summed E-state index contributed by atoms with van der Waals surface area (Å²) in [5.74, 6) is -0.739. The van der Waals surface area contributed by atoms with Gasteiger partial charge in [0.05, 0.1) is 18.4 Å². The highest BCUT2D eigenvalue weighted by Crippen LogP contribution is 2.43. The van der Waals surface area contributed by atoms with Crippen LogP contribution in [0, 0.1) is 11.7 Å². The predicted octanol–water partition coefficient (Wildman–Crippen LogP) is 2.27. The first-order valence-corrected chi connectivity index (χ1v) is 8.16. The topological polar surface area (TPSA) is 66.0 Å². The Morgan fingerprint density at radius 1 is 1.17 bits per heavy atom. The summed E-state index contributed by atoms with van der Waals surface area (Å²) < 4.78 is 14.3. The number of benzene rings is 1. The van der Waals surface area contributed by atoms with Crippen LogP contribution in [0.15, 0.2) is 42.7 Å². The van der Waals surface area contributed by atoms with Crippen molar-refractivity contribution in [3.63, 3.8) is 0 Å². The fraction of sp³-hybridized carbons (Fsp3) is 0.294. The molecule has 3 N–H and O–H groups in total. The molecule has 2 aliphatic rings. The van der Waals surface area contributed by atoms with Gasteiger partial charge in [0, 0.05) is 29.5 Å². The second-order valence-electron chi connectivity index (χ2n) is 6.15. The van der Waals surface area contributed by atoms with Crippen molar-refractivity contribution in [1.29, 1.82) is 0 Å². The number of hydrogen-bond acceptors (Lipinski definition) is 4. The van der Waals surface area contributed by atoms with Gasteiger partial charge in [0.1, 0.15) is 5.82 Å². The van der Waals surface area contributed by atoms with Gasteiger partial charge in [-0.1, -0.05) is 23.7 Å². The third-order valence-corrected chi connectivity index (χ3v) is 5.03. The fourth-order valence-electron chi connectivity index (χ4n) is 3.71. The number of amides is 1. The highest BCUT2D eigenvalue weighted by molar-refractivity contribution is 6.30. The van der Waals surface area contributed by atoms with E-state index < -0.39 is 0 Å². The summed E-state index contributed by atoms with van der Waals surface area (Å²) in [5.41, 5.74) is 7.91. The molecule has 4 rings (SSSR count). The molecule has 0 aliphatic carbocycles. The van der Waals surface area contributed by atoms with E-state index >= 15 is 0 Å². The molecule has 4 unspecified atom stereocenters. The number of piperidine rings is 1. The molecule has 1 amide bonds. The van der Waals surface area contributed by atoms with E-state index in [4.69, 9.17) is 11.6 Å². The molecule has 2 aromatic rings. The van der Waals surface area contributed by atoms with Crippen LogP contribution >= 0.6 is 11.6 Å². The molecule has 0 radical (unpaired) electrons. The van der Waals surface area contributed by atoms with Crippen LogP contribution in [0.5, 0.6) is 0 Å². The number of aromatic nitrogens is 1. The molecule has 24 heavy (non-hydrogen) atoms.